The first-order valence-electron chi connectivity index (χ1n) is 11.5. The van der Waals surface area contributed by atoms with E-state index in [1.807, 2.05) is 0 Å². The number of nitrogens with one attached hydrogen (secondary N) is 1. The number of morpholine rings is 1. The molecule has 5 nitrogen and oxygen atoms in total. The summed E-state index contributed by atoms with van der Waals surface area (Å²) in [5, 5.41) is 3.25. The predicted molar refractivity (Wildman–Crippen MR) is 115 cm³/mol. The molecule has 1 aromatic carbocycles. The fourth-order valence-corrected chi connectivity index (χ4v) is 5.87. The lowest BCUT2D eigenvalue weighted by atomic mass is 9.65. The number of amides is 1. The third-order valence-electron chi connectivity index (χ3n) is 7.24. The summed E-state index contributed by atoms with van der Waals surface area (Å²) < 4.78 is 5.86. The molecule has 160 valence electrons. The van der Waals surface area contributed by atoms with Crippen molar-refractivity contribution in [2.24, 2.45) is 23.5 Å². The van der Waals surface area contributed by atoms with Gasteiger partial charge in [0, 0.05) is 38.1 Å². The van der Waals surface area contributed by atoms with Crippen molar-refractivity contribution in [3.8, 4) is 0 Å². The summed E-state index contributed by atoms with van der Waals surface area (Å²) in [5.41, 5.74) is 8.92. The zero-order valence-corrected chi connectivity index (χ0v) is 18.0. The van der Waals surface area contributed by atoms with E-state index >= 15 is 0 Å². The molecule has 5 heteroatoms. The molecular formula is C24H37N3O2. The van der Waals surface area contributed by atoms with Crippen LogP contribution >= 0.6 is 0 Å². The second-order valence-electron chi connectivity index (χ2n) is 9.63. The lowest BCUT2D eigenvalue weighted by Gasteiger charge is -2.43. The van der Waals surface area contributed by atoms with Crippen LogP contribution < -0.4 is 11.1 Å². The van der Waals surface area contributed by atoms with Crippen LogP contribution in [-0.2, 0) is 22.6 Å². The Hall–Kier alpha value is -1.43. The Morgan fingerprint density at radius 1 is 1.10 bits per heavy atom. The molecule has 3 fully saturated rings. The fourth-order valence-electron chi connectivity index (χ4n) is 5.87. The van der Waals surface area contributed by atoms with Crippen LogP contribution in [0.4, 0.5) is 0 Å². The van der Waals surface area contributed by atoms with Crippen LogP contribution in [0.1, 0.15) is 57.1 Å². The summed E-state index contributed by atoms with van der Waals surface area (Å²) in [4.78, 5) is 15.4. The molecule has 0 radical (unpaired) electrons. The third-order valence-corrected chi connectivity index (χ3v) is 7.24. The van der Waals surface area contributed by atoms with Crippen LogP contribution in [0.25, 0.3) is 0 Å². The van der Waals surface area contributed by atoms with Gasteiger partial charge in [-0.3, -0.25) is 9.69 Å². The average molecular weight is 400 g/mol. The van der Waals surface area contributed by atoms with Gasteiger partial charge in [-0.05, 0) is 62.5 Å². The van der Waals surface area contributed by atoms with Crippen molar-refractivity contribution < 1.29 is 9.53 Å². The highest BCUT2D eigenvalue weighted by Gasteiger charge is 2.40. The van der Waals surface area contributed by atoms with E-state index in [9.17, 15) is 4.79 Å². The van der Waals surface area contributed by atoms with Crippen LogP contribution in [0.5, 0.6) is 0 Å². The molecule has 29 heavy (non-hydrogen) atoms. The van der Waals surface area contributed by atoms with E-state index in [0.29, 0.717) is 24.4 Å². The minimum absolute atomic E-state index is 0.137. The van der Waals surface area contributed by atoms with Crippen LogP contribution in [0.3, 0.4) is 0 Å². The zero-order chi connectivity index (χ0) is 20.4. The van der Waals surface area contributed by atoms with Crippen LogP contribution in [0.15, 0.2) is 24.3 Å². The average Bonchev–Trinajstić information content (AvgIpc) is 2.66. The van der Waals surface area contributed by atoms with Gasteiger partial charge in [-0.25, -0.2) is 0 Å². The van der Waals surface area contributed by atoms with E-state index in [-0.39, 0.29) is 24.0 Å². The summed E-state index contributed by atoms with van der Waals surface area (Å²) in [5.74, 6) is 1.43. The number of carbonyl (C=O) groups excluding carboxylic acids is 1. The monoisotopic (exact) mass is 399 g/mol. The normalized spacial score (nSPS) is 35.3. The molecule has 1 aromatic rings. The molecule has 4 rings (SSSR count). The van der Waals surface area contributed by atoms with Crippen molar-refractivity contribution in [3.63, 3.8) is 0 Å². The van der Waals surface area contributed by atoms with Crippen LogP contribution in [0.2, 0.25) is 0 Å². The number of ether oxygens (including phenoxy) is 1. The Morgan fingerprint density at radius 2 is 1.72 bits per heavy atom. The molecule has 1 aliphatic heterocycles. The van der Waals surface area contributed by atoms with Gasteiger partial charge in [0.2, 0.25) is 5.91 Å². The number of fused-ring (bicyclic) bond motifs is 2. The second-order valence-corrected chi connectivity index (χ2v) is 9.63. The molecule has 4 unspecified atom stereocenters. The van der Waals surface area contributed by atoms with Crippen molar-refractivity contribution in [3.05, 3.63) is 35.4 Å². The SMILES string of the molecule is CC1CN(Cc2ccccc2CNC(=O)C2CC3CCCC(C2)C3N)CC(C)O1. The van der Waals surface area contributed by atoms with Gasteiger partial charge in [0.15, 0.2) is 0 Å². The van der Waals surface area contributed by atoms with Gasteiger partial charge in [-0.1, -0.05) is 30.7 Å². The molecule has 3 N–H and O–H groups in total. The summed E-state index contributed by atoms with van der Waals surface area (Å²) in [6, 6.07) is 8.81. The molecule has 1 saturated heterocycles. The third kappa shape index (κ3) is 5.01. The fraction of sp³-hybridized carbons (Fsp3) is 0.708. The van der Waals surface area contributed by atoms with Crippen molar-refractivity contribution in [2.75, 3.05) is 13.1 Å². The predicted octanol–water partition coefficient (Wildman–Crippen LogP) is 3.07. The van der Waals surface area contributed by atoms with Crippen molar-refractivity contribution >= 4 is 5.91 Å². The Bertz CT molecular complexity index is 685. The van der Waals surface area contributed by atoms with Crippen LogP contribution in [0, 0.1) is 17.8 Å². The molecule has 2 bridgehead atoms. The van der Waals surface area contributed by atoms with Gasteiger partial charge in [0.1, 0.15) is 0 Å². The molecular weight excluding hydrogens is 362 g/mol. The zero-order valence-electron chi connectivity index (χ0n) is 18.0. The van der Waals surface area contributed by atoms with Gasteiger partial charge in [-0.2, -0.15) is 0 Å². The second kappa shape index (κ2) is 9.15. The number of hydrogen-bond donors (Lipinski definition) is 2. The molecule has 1 amide bonds. The Labute approximate surface area is 175 Å². The van der Waals surface area contributed by atoms with E-state index in [4.69, 9.17) is 10.5 Å². The van der Waals surface area contributed by atoms with Crippen LogP contribution in [-0.4, -0.2) is 42.1 Å². The number of nitrogens with two attached hydrogens (primary N) is 1. The van der Waals surface area contributed by atoms with Gasteiger partial charge in [-0.15, -0.1) is 0 Å². The highest BCUT2D eigenvalue weighted by atomic mass is 16.5. The first-order chi connectivity index (χ1) is 14.0. The summed E-state index contributed by atoms with van der Waals surface area (Å²) in [6.07, 6.45) is 6.14. The maximum absolute atomic E-state index is 12.9. The standard InChI is InChI=1S/C24H37N3O2/c1-16-13-27(14-17(2)29-16)15-21-7-4-3-6-20(21)12-26-24(28)22-10-18-8-5-9-19(11-22)23(18)25/h3-4,6-7,16-19,22-23H,5,8-15,25H2,1-2H3,(H,26,28). The van der Waals surface area contributed by atoms with E-state index in [1.54, 1.807) is 0 Å². The van der Waals surface area contributed by atoms with Gasteiger partial charge >= 0.3 is 0 Å². The maximum Gasteiger partial charge on any atom is 0.223 e. The molecule has 3 aliphatic rings. The number of benzene rings is 1. The molecule has 0 spiro atoms. The Balaban J connectivity index is 1.35. The number of hydrogen-bond acceptors (Lipinski definition) is 4. The van der Waals surface area contributed by atoms with Gasteiger partial charge in [0.25, 0.3) is 0 Å². The molecule has 2 aliphatic carbocycles. The van der Waals surface area contributed by atoms with Gasteiger partial charge in [0.05, 0.1) is 12.2 Å². The lowest BCUT2D eigenvalue weighted by molar-refractivity contribution is -0.128. The number of rotatable bonds is 5. The highest BCUT2D eigenvalue weighted by Crippen LogP contribution is 2.41. The highest BCUT2D eigenvalue weighted by molar-refractivity contribution is 5.78. The minimum atomic E-state index is 0.137. The summed E-state index contributed by atoms with van der Waals surface area (Å²) in [7, 11) is 0. The van der Waals surface area contributed by atoms with Gasteiger partial charge < -0.3 is 15.8 Å². The Morgan fingerprint density at radius 3 is 2.38 bits per heavy atom. The minimum Gasteiger partial charge on any atom is -0.373 e. The number of nitrogens with zero attached hydrogens (tertiary/aromatic N) is 1. The molecule has 4 atom stereocenters. The molecule has 1 heterocycles. The summed E-state index contributed by atoms with van der Waals surface area (Å²) >= 11 is 0. The lowest BCUT2D eigenvalue weighted by Crippen LogP contribution is -2.49. The number of carbonyl (C=O) groups is 1. The Kier molecular flexibility index (Phi) is 6.57. The van der Waals surface area contributed by atoms with Crippen molar-refractivity contribution in [1.29, 1.82) is 0 Å². The largest absolute Gasteiger partial charge is 0.373 e. The van der Waals surface area contributed by atoms with E-state index in [2.05, 4.69) is 48.3 Å². The topological polar surface area (TPSA) is 67.6 Å². The van der Waals surface area contributed by atoms with Crippen molar-refractivity contribution in [2.45, 2.75) is 77.3 Å². The van der Waals surface area contributed by atoms with E-state index in [0.717, 1.165) is 32.5 Å². The summed E-state index contributed by atoms with van der Waals surface area (Å²) in [6.45, 7) is 7.71. The van der Waals surface area contributed by atoms with Crippen molar-refractivity contribution in [1.82, 2.24) is 10.2 Å². The maximum atomic E-state index is 12.9. The molecule has 0 aromatic heterocycles. The first kappa shape index (κ1) is 20.8. The molecule has 2 saturated carbocycles. The quantitative estimate of drug-likeness (QED) is 0.799. The smallest absolute Gasteiger partial charge is 0.223 e. The van der Waals surface area contributed by atoms with E-state index in [1.165, 1.54) is 30.4 Å². The van der Waals surface area contributed by atoms with E-state index < -0.39 is 0 Å². The first-order valence-corrected chi connectivity index (χ1v) is 11.5.